The molecule has 0 aromatic heterocycles. The Labute approximate surface area is 135 Å². The number of aromatic hydroxyl groups is 1. The van der Waals surface area contributed by atoms with Gasteiger partial charge in [-0.05, 0) is 42.7 Å². The minimum Gasteiger partial charge on any atom is -0.606 e. The van der Waals surface area contributed by atoms with Gasteiger partial charge in [0.05, 0.1) is 5.69 Å². The van der Waals surface area contributed by atoms with E-state index in [1.165, 1.54) is 37.3 Å². The molecule has 2 aromatic rings. The first-order valence-electron chi connectivity index (χ1n) is 7.71. The number of phenolic OH excluding ortho intramolecular Hbond substituents is 1. The summed E-state index contributed by atoms with van der Waals surface area (Å²) in [6.07, 6.45) is 6.05. The van der Waals surface area contributed by atoms with Crippen LogP contribution in [0.1, 0.15) is 38.2 Å². The van der Waals surface area contributed by atoms with E-state index in [-0.39, 0.29) is 11.4 Å². The molecule has 22 heavy (non-hydrogen) atoms. The minimum atomic E-state index is -1.27. The monoisotopic (exact) mass is 317 g/mol. The third kappa shape index (κ3) is 4.42. The molecule has 0 saturated heterocycles. The summed E-state index contributed by atoms with van der Waals surface area (Å²) in [5, 5.41) is 9.43. The first kappa shape index (κ1) is 16.7. The number of anilines is 1. The SMILES string of the molecule is CCCCCCc1ccc([S+]([O-])c2ccc(O)c(N)c2)cc1. The number of aryl methyl sites for hydroxylation is 1. The first-order chi connectivity index (χ1) is 10.6. The molecule has 3 N–H and O–H groups in total. The third-order valence-electron chi connectivity index (χ3n) is 3.67. The molecule has 4 heteroatoms. The average Bonchev–Trinajstić information content (AvgIpc) is 2.54. The van der Waals surface area contributed by atoms with E-state index in [0.717, 1.165) is 11.3 Å². The predicted molar refractivity (Wildman–Crippen MR) is 91.5 cm³/mol. The lowest BCUT2D eigenvalue weighted by atomic mass is 10.1. The molecule has 0 aliphatic rings. The number of rotatable bonds is 7. The van der Waals surface area contributed by atoms with Gasteiger partial charge in [-0.2, -0.15) is 0 Å². The molecular weight excluding hydrogens is 294 g/mol. The molecule has 1 atom stereocenters. The smallest absolute Gasteiger partial charge is 0.160 e. The fraction of sp³-hybridized carbons (Fsp3) is 0.333. The molecule has 0 aliphatic heterocycles. The number of nitrogens with two attached hydrogens (primary N) is 1. The Morgan fingerprint density at radius 1 is 1.00 bits per heavy atom. The number of benzene rings is 2. The van der Waals surface area contributed by atoms with Crippen LogP contribution in [0.4, 0.5) is 5.69 Å². The van der Waals surface area contributed by atoms with E-state index in [4.69, 9.17) is 5.73 Å². The first-order valence-corrected chi connectivity index (χ1v) is 8.86. The molecule has 0 saturated carbocycles. The average molecular weight is 317 g/mol. The van der Waals surface area contributed by atoms with Crippen molar-refractivity contribution in [1.29, 1.82) is 0 Å². The number of unbranched alkanes of at least 4 members (excludes halogenated alkanes) is 3. The van der Waals surface area contributed by atoms with Gasteiger partial charge in [0.25, 0.3) is 0 Å². The second-order valence-corrected chi connectivity index (χ2v) is 6.92. The Balaban J connectivity index is 2.01. The van der Waals surface area contributed by atoms with Crippen LogP contribution in [0.5, 0.6) is 5.75 Å². The van der Waals surface area contributed by atoms with Crippen LogP contribution >= 0.6 is 0 Å². The van der Waals surface area contributed by atoms with Crippen LogP contribution in [0.15, 0.2) is 52.3 Å². The van der Waals surface area contributed by atoms with Gasteiger partial charge < -0.3 is 15.4 Å². The molecule has 1 unspecified atom stereocenters. The van der Waals surface area contributed by atoms with Crippen molar-refractivity contribution in [2.75, 3.05) is 5.73 Å². The maximum Gasteiger partial charge on any atom is 0.160 e. The predicted octanol–water partition coefficient (Wildman–Crippen LogP) is 4.26. The molecule has 0 radical (unpaired) electrons. The summed E-state index contributed by atoms with van der Waals surface area (Å²) < 4.78 is 12.5. The Morgan fingerprint density at radius 2 is 1.68 bits per heavy atom. The zero-order chi connectivity index (χ0) is 15.9. The molecule has 0 fully saturated rings. The van der Waals surface area contributed by atoms with E-state index in [0.29, 0.717) is 4.90 Å². The normalized spacial score (nSPS) is 12.3. The van der Waals surface area contributed by atoms with Gasteiger partial charge in [0.2, 0.25) is 0 Å². The molecule has 0 amide bonds. The van der Waals surface area contributed by atoms with Gasteiger partial charge in [0.1, 0.15) is 5.75 Å². The Morgan fingerprint density at radius 3 is 2.32 bits per heavy atom. The summed E-state index contributed by atoms with van der Waals surface area (Å²) in [5.74, 6) is 0.0168. The quantitative estimate of drug-likeness (QED) is 0.347. The summed E-state index contributed by atoms with van der Waals surface area (Å²) in [5.41, 5.74) is 7.18. The van der Waals surface area contributed by atoms with Crippen LogP contribution < -0.4 is 5.73 Å². The number of phenols is 1. The van der Waals surface area contributed by atoms with Crippen LogP contribution in [0, 0.1) is 0 Å². The Kier molecular flexibility index (Phi) is 6.16. The summed E-state index contributed by atoms with van der Waals surface area (Å²) in [6, 6.07) is 12.6. The maximum atomic E-state index is 12.5. The fourth-order valence-electron chi connectivity index (χ4n) is 2.32. The zero-order valence-electron chi connectivity index (χ0n) is 12.9. The highest BCUT2D eigenvalue weighted by Crippen LogP contribution is 2.27. The molecule has 118 valence electrons. The third-order valence-corrected chi connectivity index (χ3v) is 5.05. The highest BCUT2D eigenvalue weighted by molar-refractivity contribution is 7.91. The Hall–Kier alpha value is -1.65. The van der Waals surface area contributed by atoms with Gasteiger partial charge >= 0.3 is 0 Å². The van der Waals surface area contributed by atoms with Crippen molar-refractivity contribution in [3.63, 3.8) is 0 Å². The lowest BCUT2D eigenvalue weighted by molar-refractivity contribution is 0.477. The lowest BCUT2D eigenvalue weighted by Crippen LogP contribution is -2.03. The molecule has 0 aliphatic carbocycles. The van der Waals surface area contributed by atoms with Gasteiger partial charge in [-0.25, -0.2) is 0 Å². The van der Waals surface area contributed by atoms with E-state index in [9.17, 15) is 9.66 Å². The van der Waals surface area contributed by atoms with Crippen LogP contribution in [-0.4, -0.2) is 9.66 Å². The second-order valence-electron chi connectivity index (χ2n) is 5.44. The fourth-order valence-corrected chi connectivity index (χ4v) is 3.40. The van der Waals surface area contributed by atoms with Crippen LogP contribution in [0.3, 0.4) is 0 Å². The van der Waals surface area contributed by atoms with Crippen molar-refractivity contribution in [3.05, 3.63) is 48.0 Å². The molecule has 2 aromatic carbocycles. The van der Waals surface area contributed by atoms with E-state index in [1.807, 2.05) is 24.3 Å². The van der Waals surface area contributed by atoms with E-state index >= 15 is 0 Å². The van der Waals surface area contributed by atoms with Crippen molar-refractivity contribution in [1.82, 2.24) is 0 Å². The van der Waals surface area contributed by atoms with Gasteiger partial charge in [-0.1, -0.05) is 38.3 Å². The van der Waals surface area contributed by atoms with Gasteiger partial charge in [-0.3, -0.25) is 0 Å². The minimum absolute atomic E-state index is 0.0168. The Bertz CT molecular complexity index is 599. The van der Waals surface area contributed by atoms with Gasteiger partial charge in [0, 0.05) is 17.2 Å². The van der Waals surface area contributed by atoms with E-state index < -0.39 is 11.2 Å². The van der Waals surface area contributed by atoms with Crippen molar-refractivity contribution in [3.8, 4) is 5.75 Å². The maximum absolute atomic E-state index is 12.5. The number of hydrogen-bond donors (Lipinski definition) is 2. The second kappa shape index (κ2) is 8.11. The van der Waals surface area contributed by atoms with Gasteiger partial charge in [-0.15, -0.1) is 0 Å². The lowest BCUT2D eigenvalue weighted by Gasteiger charge is -2.11. The van der Waals surface area contributed by atoms with Crippen LogP contribution in [0.25, 0.3) is 0 Å². The highest BCUT2D eigenvalue weighted by Gasteiger charge is 2.16. The number of hydrogen-bond acceptors (Lipinski definition) is 3. The molecule has 2 rings (SSSR count). The van der Waals surface area contributed by atoms with Crippen molar-refractivity contribution in [2.24, 2.45) is 0 Å². The summed E-state index contributed by atoms with van der Waals surface area (Å²) in [4.78, 5) is 1.35. The summed E-state index contributed by atoms with van der Waals surface area (Å²) in [7, 11) is 0. The molecule has 0 bridgehead atoms. The largest absolute Gasteiger partial charge is 0.606 e. The van der Waals surface area contributed by atoms with Crippen molar-refractivity contribution < 1.29 is 9.66 Å². The standard InChI is InChI=1S/C18H23NO2S/c1-2-3-4-5-6-14-7-9-15(10-8-14)22(21)16-11-12-18(20)17(19)13-16/h7-13,20H,2-6,19H2,1H3. The van der Waals surface area contributed by atoms with Crippen molar-refractivity contribution in [2.45, 2.75) is 48.8 Å². The summed E-state index contributed by atoms with van der Waals surface area (Å²) >= 11 is -1.27. The zero-order valence-corrected chi connectivity index (χ0v) is 13.7. The van der Waals surface area contributed by atoms with Gasteiger partial charge in [0.15, 0.2) is 9.79 Å². The van der Waals surface area contributed by atoms with Crippen LogP contribution in [-0.2, 0) is 17.6 Å². The molecule has 0 heterocycles. The van der Waals surface area contributed by atoms with E-state index in [1.54, 1.807) is 12.1 Å². The highest BCUT2D eigenvalue weighted by atomic mass is 32.2. The van der Waals surface area contributed by atoms with Crippen LogP contribution in [0.2, 0.25) is 0 Å². The molecule has 0 spiro atoms. The molecule has 3 nitrogen and oxygen atoms in total. The topological polar surface area (TPSA) is 69.3 Å². The summed E-state index contributed by atoms with van der Waals surface area (Å²) in [6.45, 7) is 2.21. The van der Waals surface area contributed by atoms with E-state index in [2.05, 4.69) is 6.92 Å². The number of nitrogen functional groups attached to an aromatic ring is 1. The molecular formula is C18H23NO2S. The van der Waals surface area contributed by atoms with Crippen molar-refractivity contribution >= 4 is 16.9 Å².